The quantitative estimate of drug-likeness (QED) is 0.473. The van der Waals surface area contributed by atoms with Crippen molar-refractivity contribution < 1.29 is 27.9 Å². The van der Waals surface area contributed by atoms with Crippen molar-refractivity contribution in [3.8, 4) is 0 Å². The molecular weight excluding hydrogens is 494 g/mol. The molecule has 3 aromatic rings. The lowest BCUT2D eigenvalue weighted by molar-refractivity contribution is -0.119. The molecule has 8 nitrogen and oxygen atoms in total. The van der Waals surface area contributed by atoms with Crippen LogP contribution in [0.25, 0.3) is 0 Å². The maximum atomic E-state index is 14.1. The van der Waals surface area contributed by atoms with Gasteiger partial charge in [-0.3, -0.25) is 14.4 Å². The van der Waals surface area contributed by atoms with E-state index in [-0.39, 0.29) is 42.3 Å². The van der Waals surface area contributed by atoms with E-state index < -0.39 is 5.82 Å². The molecule has 0 saturated carbocycles. The van der Waals surface area contributed by atoms with Crippen LogP contribution in [0.3, 0.4) is 0 Å². The number of hydrogen-bond acceptors (Lipinski definition) is 5. The summed E-state index contributed by atoms with van der Waals surface area (Å²) in [5.74, 6) is -2.05. The van der Waals surface area contributed by atoms with Gasteiger partial charge in [0, 0.05) is 51.2 Å². The van der Waals surface area contributed by atoms with Crippen molar-refractivity contribution in [3.05, 3.63) is 95.1 Å². The SMILES string of the molecule is COCC(=O)Nc1ccc(N2CCN(C(=O)c3ccccc3F)CC2)c(C(=O)NCc2ccc(F)cc2)c1. The number of amides is 3. The summed E-state index contributed by atoms with van der Waals surface area (Å²) < 4.78 is 32.2. The molecule has 4 rings (SSSR count). The molecule has 0 atom stereocenters. The predicted octanol–water partition coefficient (Wildman–Crippen LogP) is 3.44. The summed E-state index contributed by atoms with van der Waals surface area (Å²) in [7, 11) is 1.41. The molecule has 1 aliphatic rings. The number of benzene rings is 3. The second kappa shape index (κ2) is 12.3. The minimum absolute atomic E-state index is 0.0259. The lowest BCUT2D eigenvalue weighted by Gasteiger charge is -2.37. The molecule has 1 heterocycles. The number of carbonyl (C=O) groups is 3. The van der Waals surface area contributed by atoms with Crippen molar-refractivity contribution in [3.63, 3.8) is 0 Å². The van der Waals surface area contributed by atoms with E-state index in [9.17, 15) is 23.2 Å². The van der Waals surface area contributed by atoms with Crippen molar-refractivity contribution >= 4 is 29.1 Å². The van der Waals surface area contributed by atoms with Crippen LogP contribution in [0.15, 0.2) is 66.7 Å². The first kappa shape index (κ1) is 26.7. The van der Waals surface area contributed by atoms with E-state index in [1.165, 1.54) is 37.4 Å². The number of halogens is 2. The van der Waals surface area contributed by atoms with Gasteiger partial charge in [-0.15, -0.1) is 0 Å². The second-order valence-corrected chi connectivity index (χ2v) is 8.78. The molecule has 0 radical (unpaired) electrons. The summed E-state index contributed by atoms with van der Waals surface area (Å²) in [6, 6.07) is 16.7. The van der Waals surface area contributed by atoms with Gasteiger partial charge in [0.2, 0.25) is 5.91 Å². The van der Waals surface area contributed by atoms with Crippen LogP contribution in [0.1, 0.15) is 26.3 Å². The topological polar surface area (TPSA) is 91.0 Å². The van der Waals surface area contributed by atoms with Gasteiger partial charge in [0.15, 0.2) is 0 Å². The number of piperazine rings is 1. The summed E-state index contributed by atoms with van der Waals surface area (Å²) in [6.07, 6.45) is 0. The normalized spacial score (nSPS) is 13.2. The van der Waals surface area contributed by atoms with Crippen molar-refractivity contribution in [1.29, 1.82) is 0 Å². The average Bonchev–Trinajstić information content (AvgIpc) is 2.93. The Balaban J connectivity index is 1.51. The number of hydrogen-bond donors (Lipinski definition) is 2. The number of anilines is 2. The highest BCUT2D eigenvalue weighted by Crippen LogP contribution is 2.26. The molecular formula is C28H28F2N4O4. The fraction of sp³-hybridized carbons (Fsp3) is 0.250. The third-order valence-corrected chi connectivity index (χ3v) is 6.18. The molecule has 1 aliphatic heterocycles. The molecule has 3 aromatic carbocycles. The lowest BCUT2D eigenvalue weighted by atomic mass is 10.1. The third-order valence-electron chi connectivity index (χ3n) is 6.18. The number of nitrogens with one attached hydrogen (secondary N) is 2. The van der Waals surface area contributed by atoms with Crippen LogP contribution in [0.4, 0.5) is 20.2 Å². The smallest absolute Gasteiger partial charge is 0.256 e. The largest absolute Gasteiger partial charge is 0.375 e. The molecule has 10 heteroatoms. The van der Waals surface area contributed by atoms with E-state index in [1.807, 2.05) is 4.90 Å². The van der Waals surface area contributed by atoms with E-state index in [0.717, 1.165) is 5.56 Å². The zero-order valence-electron chi connectivity index (χ0n) is 20.9. The number of carbonyl (C=O) groups excluding carboxylic acids is 3. The zero-order chi connectivity index (χ0) is 27.1. The number of rotatable bonds is 8. The van der Waals surface area contributed by atoms with Gasteiger partial charge >= 0.3 is 0 Å². The highest BCUT2D eigenvalue weighted by molar-refractivity contribution is 6.02. The summed E-state index contributed by atoms with van der Waals surface area (Å²) in [5, 5.41) is 5.54. The van der Waals surface area contributed by atoms with Crippen LogP contribution in [-0.2, 0) is 16.1 Å². The molecule has 3 amide bonds. The van der Waals surface area contributed by atoms with E-state index in [0.29, 0.717) is 43.1 Å². The fourth-order valence-electron chi connectivity index (χ4n) is 4.23. The summed E-state index contributed by atoms with van der Waals surface area (Å²) in [6.45, 7) is 1.59. The van der Waals surface area contributed by atoms with Gasteiger partial charge < -0.3 is 25.2 Å². The van der Waals surface area contributed by atoms with Crippen LogP contribution in [0, 0.1) is 11.6 Å². The lowest BCUT2D eigenvalue weighted by Crippen LogP contribution is -2.49. The molecule has 0 spiro atoms. The van der Waals surface area contributed by atoms with Gasteiger partial charge in [-0.25, -0.2) is 8.78 Å². The van der Waals surface area contributed by atoms with Gasteiger partial charge in [0.05, 0.1) is 11.1 Å². The number of ether oxygens (including phenoxy) is 1. The zero-order valence-corrected chi connectivity index (χ0v) is 20.9. The van der Waals surface area contributed by atoms with E-state index >= 15 is 0 Å². The molecule has 2 N–H and O–H groups in total. The monoisotopic (exact) mass is 522 g/mol. The second-order valence-electron chi connectivity index (χ2n) is 8.78. The van der Waals surface area contributed by atoms with Crippen molar-refractivity contribution in [2.75, 3.05) is 50.1 Å². The first-order valence-electron chi connectivity index (χ1n) is 12.1. The first-order valence-corrected chi connectivity index (χ1v) is 12.1. The van der Waals surface area contributed by atoms with Crippen LogP contribution in [-0.4, -0.2) is 62.5 Å². The van der Waals surface area contributed by atoms with Crippen LogP contribution in [0.2, 0.25) is 0 Å². The van der Waals surface area contributed by atoms with E-state index in [1.54, 1.807) is 41.3 Å². The van der Waals surface area contributed by atoms with Crippen molar-refractivity contribution in [2.24, 2.45) is 0 Å². The number of nitrogens with zero attached hydrogens (tertiary/aromatic N) is 2. The Morgan fingerprint density at radius 1 is 0.895 bits per heavy atom. The summed E-state index contributed by atoms with van der Waals surface area (Å²) in [5.41, 5.74) is 2.14. The van der Waals surface area contributed by atoms with Gasteiger partial charge in [0.25, 0.3) is 11.8 Å². The average molecular weight is 523 g/mol. The molecule has 198 valence electrons. The highest BCUT2D eigenvalue weighted by Gasteiger charge is 2.26. The van der Waals surface area contributed by atoms with E-state index in [4.69, 9.17) is 4.74 Å². The Kier molecular flexibility index (Phi) is 8.65. The van der Waals surface area contributed by atoms with Gasteiger partial charge in [0.1, 0.15) is 18.2 Å². The minimum Gasteiger partial charge on any atom is -0.375 e. The van der Waals surface area contributed by atoms with Gasteiger partial charge in [-0.05, 0) is 48.0 Å². The van der Waals surface area contributed by atoms with Crippen LogP contribution >= 0.6 is 0 Å². The van der Waals surface area contributed by atoms with Gasteiger partial charge in [-0.2, -0.15) is 0 Å². The Labute approximate surface area is 219 Å². The maximum Gasteiger partial charge on any atom is 0.256 e. The fourth-order valence-corrected chi connectivity index (χ4v) is 4.23. The standard InChI is InChI=1S/C28H28F2N4O4/c1-38-18-26(35)32-21-10-11-25(23(16-21)27(36)31-17-19-6-8-20(29)9-7-19)33-12-14-34(15-13-33)28(37)22-4-2-3-5-24(22)30/h2-11,16H,12-15,17-18H2,1H3,(H,31,36)(H,32,35). The Morgan fingerprint density at radius 3 is 2.29 bits per heavy atom. The predicted molar refractivity (Wildman–Crippen MR) is 139 cm³/mol. The molecule has 38 heavy (non-hydrogen) atoms. The minimum atomic E-state index is -0.564. The van der Waals surface area contributed by atoms with Crippen LogP contribution < -0.4 is 15.5 Å². The Bertz CT molecular complexity index is 1310. The molecule has 0 unspecified atom stereocenters. The van der Waals surface area contributed by atoms with Crippen molar-refractivity contribution in [2.45, 2.75) is 6.54 Å². The molecule has 0 aliphatic carbocycles. The van der Waals surface area contributed by atoms with Gasteiger partial charge in [-0.1, -0.05) is 24.3 Å². The molecule has 0 aromatic heterocycles. The first-order chi connectivity index (χ1) is 18.4. The summed E-state index contributed by atoms with van der Waals surface area (Å²) in [4.78, 5) is 41.6. The maximum absolute atomic E-state index is 14.1. The summed E-state index contributed by atoms with van der Waals surface area (Å²) >= 11 is 0. The van der Waals surface area contributed by atoms with E-state index in [2.05, 4.69) is 10.6 Å². The third kappa shape index (κ3) is 6.51. The molecule has 1 fully saturated rings. The highest BCUT2D eigenvalue weighted by atomic mass is 19.1. The van der Waals surface area contributed by atoms with Crippen LogP contribution in [0.5, 0.6) is 0 Å². The molecule has 0 bridgehead atoms. The molecule has 1 saturated heterocycles. The van der Waals surface area contributed by atoms with Crippen molar-refractivity contribution in [1.82, 2.24) is 10.2 Å². The number of methoxy groups -OCH3 is 1. The Hall–Kier alpha value is -4.31. The Morgan fingerprint density at radius 2 is 1.61 bits per heavy atom.